The SMILES string of the molecule is CCc1[nH]c(C)c(C(=O)c2ccccc2)c1NC(=O)CN1C(=O)c2ccccc2C1=O. The molecule has 0 saturated carbocycles. The van der Waals surface area contributed by atoms with E-state index in [9.17, 15) is 19.2 Å². The number of aryl methyl sites for hydroxylation is 2. The number of nitrogens with one attached hydrogen (secondary N) is 2. The zero-order valence-corrected chi connectivity index (χ0v) is 17.2. The number of nitrogens with zero attached hydrogens (tertiary/aromatic N) is 1. The van der Waals surface area contributed by atoms with E-state index in [0.717, 1.165) is 4.90 Å². The molecule has 0 atom stereocenters. The first kappa shape index (κ1) is 20.3. The third-order valence-electron chi connectivity index (χ3n) is 5.33. The summed E-state index contributed by atoms with van der Waals surface area (Å²) in [4.78, 5) is 55.1. The van der Waals surface area contributed by atoms with Crippen LogP contribution in [-0.4, -0.2) is 39.9 Å². The van der Waals surface area contributed by atoms with E-state index >= 15 is 0 Å². The van der Waals surface area contributed by atoms with E-state index in [4.69, 9.17) is 0 Å². The zero-order chi connectivity index (χ0) is 22.1. The van der Waals surface area contributed by atoms with Crippen LogP contribution in [0, 0.1) is 6.92 Å². The van der Waals surface area contributed by atoms with E-state index in [1.807, 2.05) is 13.0 Å². The molecule has 3 aromatic rings. The van der Waals surface area contributed by atoms with Crippen molar-refractivity contribution in [3.05, 3.63) is 88.2 Å². The zero-order valence-electron chi connectivity index (χ0n) is 17.2. The van der Waals surface area contributed by atoms with Gasteiger partial charge in [0.2, 0.25) is 5.91 Å². The second kappa shape index (κ2) is 8.02. The van der Waals surface area contributed by atoms with Gasteiger partial charge in [-0.1, -0.05) is 49.4 Å². The summed E-state index contributed by atoms with van der Waals surface area (Å²) < 4.78 is 0. The molecule has 2 N–H and O–H groups in total. The fraction of sp³-hybridized carbons (Fsp3) is 0.167. The van der Waals surface area contributed by atoms with Gasteiger partial charge < -0.3 is 10.3 Å². The molecular weight excluding hydrogens is 394 g/mol. The molecule has 0 bridgehead atoms. The minimum atomic E-state index is -0.551. The summed E-state index contributed by atoms with van der Waals surface area (Å²) in [5, 5.41) is 2.76. The number of imide groups is 1. The fourth-order valence-corrected chi connectivity index (χ4v) is 3.82. The van der Waals surface area contributed by atoms with Crippen LogP contribution in [-0.2, 0) is 11.2 Å². The van der Waals surface area contributed by atoms with Crippen LogP contribution in [0.1, 0.15) is 54.9 Å². The Morgan fingerprint density at radius 3 is 2.10 bits per heavy atom. The van der Waals surface area contributed by atoms with Crippen LogP contribution in [0.25, 0.3) is 0 Å². The highest BCUT2D eigenvalue weighted by Crippen LogP contribution is 2.28. The molecule has 1 aliphatic rings. The monoisotopic (exact) mass is 415 g/mol. The molecule has 3 amide bonds. The predicted octanol–water partition coefficient (Wildman–Crippen LogP) is 3.35. The Balaban J connectivity index is 1.60. The number of ketones is 1. The van der Waals surface area contributed by atoms with Gasteiger partial charge in [0.1, 0.15) is 6.54 Å². The molecule has 0 spiro atoms. The fourth-order valence-electron chi connectivity index (χ4n) is 3.82. The maximum absolute atomic E-state index is 13.1. The summed E-state index contributed by atoms with van der Waals surface area (Å²) in [7, 11) is 0. The summed E-state index contributed by atoms with van der Waals surface area (Å²) in [5.74, 6) is -1.77. The summed E-state index contributed by atoms with van der Waals surface area (Å²) in [5.41, 5.74) is 3.17. The molecule has 0 saturated heterocycles. The minimum absolute atomic E-state index is 0.218. The first-order valence-electron chi connectivity index (χ1n) is 9.98. The molecule has 4 rings (SSSR count). The third-order valence-corrected chi connectivity index (χ3v) is 5.33. The van der Waals surface area contributed by atoms with Gasteiger partial charge >= 0.3 is 0 Å². The van der Waals surface area contributed by atoms with Gasteiger partial charge in [-0.25, -0.2) is 0 Å². The largest absolute Gasteiger partial charge is 0.360 e. The van der Waals surface area contributed by atoms with Gasteiger partial charge in [0.05, 0.1) is 22.4 Å². The van der Waals surface area contributed by atoms with Crippen LogP contribution < -0.4 is 5.32 Å². The summed E-state index contributed by atoms with van der Waals surface area (Å²) in [6, 6.07) is 15.3. The van der Waals surface area contributed by atoms with Crippen molar-refractivity contribution in [1.29, 1.82) is 0 Å². The van der Waals surface area contributed by atoms with E-state index in [0.29, 0.717) is 34.6 Å². The Labute approximate surface area is 179 Å². The van der Waals surface area contributed by atoms with Crippen LogP contribution in [0.5, 0.6) is 0 Å². The van der Waals surface area contributed by atoms with Crippen molar-refractivity contribution < 1.29 is 19.2 Å². The van der Waals surface area contributed by atoms with E-state index in [1.165, 1.54) is 0 Å². The number of aromatic amines is 1. The van der Waals surface area contributed by atoms with Crippen molar-refractivity contribution in [3.8, 4) is 0 Å². The van der Waals surface area contributed by atoms with E-state index in [-0.39, 0.29) is 16.9 Å². The summed E-state index contributed by atoms with van der Waals surface area (Å²) in [6.45, 7) is 3.25. The van der Waals surface area contributed by atoms with Gasteiger partial charge in [0.25, 0.3) is 11.8 Å². The number of anilines is 1. The number of carbonyl (C=O) groups is 4. The first-order chi connectivity index (χ1) is 14.9. The van der Waals surface area contributed by atoms with E-state index in [2.05, 4.69) is 10.3 Å². The van der Waals surface area contributed by atoms with Crippen molar-refractivity contribution in [2.45, 2.75) is 20.3 Å². The van der Waals surface area contributed by atoms with Gasteiger partial charge in [-0.15, -0.1) is 0 Å². The molecule has 1 aliphatic heterocycles. The Morgan fingerprint density at radius 2 is 1.52 bits per heavy atom. The highest BCUT2D eigenvalue weighted by atomic mass is 16.2. The molecular formula is C24H21N3O4. The smallest absolute Gasteiger partial charge is 0.262 e. The number of aromatic nitrogens is 1. The van der Waals surface area contributed by atoms with Crippen molar-refractivity contribution in [2.24, 2.45) is 0 Å². The maximum Gasteiger partial charge on any atom is 0.262 e. The average Bonchev–Trinajstić information content (AvgIpc) is 3.22. The van der Waals surface area contributed by atoms with Crippen molar-refractivity contribution >= 4 is 29.2 Å². The predicted molar refractivity (Wildman–Crippen MR) is 115 cm³/mol. The van der Waals surface area contributed by atoms with Crippen molar-refractivity contribution in [1.82, 2.24) is 9.88 Å². The van der Waals surface area contributed by atoms with E-state index < -0.39 is 24.3 Å². The van der Waals surface area contributed by atoms with Crippen LogP contribution >= 0.6 is 0 Å². The molecule has 156 valence electrons. The molecule has 0 aliphatic carbocycles. The number of benzene rings is 2. The molecule has 0 radical (unpaired) electrons. The average molecular weight is 415 g/mol. The van der Waals surface area contributed by atoms with Crippen LogP contribution in [0.4, 0.5) is 5.69 Å². The number of amides is 3. The lowest BCUT2D eigenvalue weighted by molar-refractivity contribution is -0.116. The van der Waals surface area contributed by atoms with Crippen LogP contribution in [0.2, 0.25) is 0 Å². The van der Waals surface area contributed by atoms with Crippen molar-refractivity contribution in [3.63, 3.8) is 0 Å². The topological polar surface area (TPSA) is 99.3 Å². The number of rotatable bonds is 6. The highest BCUT2D eigenvalue weighted by molar-refractivity contribution is 6.23. The second-order valence-corrected chi connectivity index (χ2v) is 7.32. The quantitative estimate of drug-likeness (QED) is 0.476. The Bertz CT molecular complexity index is 1180. The standard InChI is InChI=1S/C24H21N3O4/c1-3-18-21(20(14(2)25-18)22(29)15-9-5-4-6-10-15)26-19(28)13-27-23(30)16-11-7-8-12-17(16)24(27)31/h4-12,25H,3,13H2,1-2H3,(H,26,28). The van der Waals surface area contributed by atoms with Gasteiger partial charge in [0.15, 0.2) is 5.78 Å². The molecule has 1 aromatic heterocycles. The Hall–Kier alpha value is -4.00. The summed E-state index contributed by atoms with van der Waals surface area (Å²) >= 11 is 0. The second-order valence-electron chi connectivity index (χ2n) is 7.32. The van der Waals surface area contributed by atoms with Crippen LogP contribution in [0.15, 0.2) is 54.6 Å². The lowest BCUT2D eigenvalue weighted by atomic mass is 10.0. The van der Waals surface area contributed by atoms with Gasteiger partial charge in [-0.05, 0) is 25.5 Å². The number of fused-ring (bicyclic) bond motifs is 1. The highest BCUT2D eigenvalue weighted by Gasteiger charge is 2.36. The lowest BCUT2D eigenvalue weighted by Gasteiger charge is -2.15. The molecule has 0 unspecified atom stereocenters. The Morgan fingerprint density at radius 1 is 0.935 bits per heavy atom. The minimum Gasteiger partial charge on any atom is -0.360 e. The van der Waals surface area contributed by atoms with Gasteiger partial charge in [0, 0.05) is 17.0 Å². The Kier molecular flexibility index (Phi) is 5.25. The third kappa shape index (κ3) is 3.54. The molecule has 2 aromatic carbocycles. The van der Waals surface area contributed by atoms with E-state index in [1.54, 1.807) is 55.5 Å². The number of hydrogen-bond donors (Lipinski definition) is 2. The van der Waals surface area contributed by atoms with Gasteiger partial charge in [-0.3, -0.25) is 24.1 Å². The molecule has 7 nitrogen and oxygen atoms in total. The first-order valence-corrected chi connectivity index (χ1v) is 9.98. The van der Waals surface area contributed by atoms with Crippen LogP contribution in [0.3, 0.4) is 0 Å². The van der Waals surface area contributed by atoms with Crippen molar-refractivity contribution in [2.75, 3.05) is 11.9 Å². The molecule has 2 heterocycles. The maximum atomic E-state index is 13.1. The number of H-pyrrole nitrogens is 1. The molecule has 31 heavy (non-hydrogen) atoms. The molecule has 0 fully saturated rings. The number of hydrogen-bond acceptors (Lipinski definition) is 4. The summed E-state index contributed by atoms with van der Waals surface area (Å²) in [6.07, 6.45) is 0.561. The van der Waals surface area contributed by atoms with Gasteiger partial charge in [-0.2, -0.15) is 0 Å². The lowest BCUT2D eigenvalue weighted by Crippen LogP contribution is -2.37. The normalized spacial score (nSPS) is 12.8. The number of carbonyl (C=O) groups excluding carboxylic acids is 4. The molecule has 7 heteroatoms.